The fourth-order valence-electron chi connectivity index (χ4n) is 1.68. The molecule has 0 fully saturated rings. The number of aromatic nitrogens is 1. The predicted octanol–water partition coefficient (Wildman–Crippen LogP) is 1.18. The molecule has 6 heteroatoms. The summed E-state index contributed by atoms with van der Waals surface area (Å²) in [5.74, 6) is 0.241. The third kappa shape index (κ3) is 2.76. The topological polar surface area (TPSA) is 62.5 Å². The van der Waals surface area contributed by atoms with E-state index in [2.05, 4.69) is 0 Å². The predicted molar refractivity (Wildman–Crippen MR) is 70.6 cm³/mol. The summed E-state index contributed by atoms with van der Waals surface area (Å²) in [5, 5.41) is 9.10. The van der Waals surface area contributed by atoms with Gasteiger partial charge in [0, 0.05) is 32.0 Å². The van der Waals surface area contributed by atoms with Gasteiger partial charge in [-0.2, -0.15) is 4.31 Å². The third-order valence-corrected chi connectivity index (χ3v) is 5.37. The van der Waals surface area contributed by atoms with Gasteiger partial charge in [-0.15, -0.1) is 0 Å². The highest BCUT2D eigenvalue weighted by molar-refractivity contribution is 7.89. The maximum absolute atomic E-state index is 12.4. The van der Waals surface area contributed by atoms with Crippen LogP contribution in [0.5, 0.6) is 0 Å². The molecule has 0 amide bonds. The van der Waals surface area contributed by atoms with Crippen molar-refractivity contribution < 1.29 is 13.5 Å². The summed E-state index contributed by atoms with van der Waals surface area (Å²) >= 11 is 0. The van der Waals surface area contributed by atoms with Crippen molar-refractivity contribution in [2.45, 2.75) is 38.3 Å². The smallest absolute Gasteiger partial charge is 0.244 e. The monoisotopic (exact) mass is 274 g/mol. The van der Waals surface area contributed by atoms with Crippen LogP contribution in [0.1, 0.15) is 26.5 Å². The van der Waals surface area contributed by atoms with Crippen LogP contribution in [0.4, 0.5) is 0 Å². The first kappa shape index (κ1) is 15.2. The molecule has 1 heterocycles. The minimum absolute atomic E-state index is 0.0761. The molecule has 0 aliphatic carbocycles. The Kier molecular flexibility index (Phi) is 4.58. The number of aliphatic hydroxyl groups excluding tert-OH is 1. The molecule has 0 saturated carbocycles. The molecule has 0 spiro atoms. The quantitative estimate of drug-likeness (QED) is 0.877. The lowest BCUT2D eigenvalue weighted by atomic mass is 10.1. The second-order valence-corrected chi connectivity index (χ2v) is 6.94. The lowest BCUT2D eigenvalue weighted by Crippen LogP contribution is -2.38. The second kappa shape index (κ2) is 5.42. The second-order valence-electron chi connectivity index (χ2n) is 4.94. The van der Waals surface area contributed by atoms with Crippen molar-refractivity contribution in [2.24, 2.45) is 13.0 Å². The zero-order valence-corrected chi connectivity index (χ0v) is 12.4. The Bertz CT molecular complexity index is 505. The summed E-state index contributed by atoms with van der Waals surface area (Å²) in [6, 6.07) is 1.44. The Balaban J connectivity index is 3.13. The number of hydrogen-bond donors (Lipinski definition) is 1. The van der Waals surface area contributed by atoms with Crippen molar-refractivity contribution in [1.82, 2.24) is 8.87 Å². The summed E-state index contributed by atoms with van der Waals surface area (Å²) in [6.07, 6.45) is 1.53. The molecular formula is C12H22N2O3S. The Labute approximate surface area is 109 Å². The van der Waals surface area contributed by atoms with Gasteiger partial charge in [-0.3, -0.25) is 0 Å². The van der Waals surface area contributed by atoms with E-state index in [0.717, 1.165) is 0 Å². The van der Waals surface area contributed by atoms with Gasteiger partial charge in [0.2, 0.25) is 10.0 Å². The summed E-state index contributed by atoms with van der Waals surface area (Å²) in [6.45, 7) is 5.69. The van der Waals surface area contributed by atoms with Crippen molar-refractivity contribution >= 4 is 10.0 Å². The van der Waals surface area contributed by atoms with Crippen LogP contribution in [0.25, 0.3) is 0 Å². The highest BCUT2D eigenvalue weighted by Crippen LogP contribution is 2.21. The van der Waals surface area contributed by atoms with Gasteiger partial charge in [-0.1, -0.05) is 13.8 Å². The summed E-state index contributed by atoms with van der Waals surface area (Å²) in [4.78, 5) is 0.226. The first-order valence-corrected chi connectivity index (χ1v) is 7.40. The van der Waals surface area contributed by atoms with Crippen LogP contribution < -0.4 is 0 Å². The van der Waals surface area contributed by atoms with E-state index >= 15 is 0 Å². The molecule has 1 unspecified atom stereocenters. The molecule has 1 aromatic heterocycles. The lowest BCUT2D eigenvalue weighted by Gasteiger charge is -2.26. The van der Waals surface area contributed by atoms with Crippen LogP contribution >= 0.6 is 0 Å². The molecule has 1 aromatic rings. The molecule has 1 atom stereocenters. The minimum atomic E-state index is -3.49. The van der Waals surface area contributed by atoms with E-state index in [1.165, 1.54) is 16.6 Å². The molecule has 1 rings (SSSR count). The number of aliphatic hydroxyl groups is 1. The average molecular weight is 274 g/mol. The number of rotatable bonds is 5. The van der Waals surface area contributed by atoms with Gasteiger partial charge < -0.3 is 9.67 Å². The normalized spacial score (nSPS) is 14.4. The van der Waals surface area contributed by atoms with Gasteiger partial charge in [0.25, 0.3) is 0 Å². The highest BCUT2D eigenvalue weighted by Gasteiger charge is 2.28. The zero-order valence-electron chi connectivity index (χ0n) is 11.6. The average Bonchev–Trinajstić information content (AvgIpc) is 2.68. The van der Waals surface area contributed by atoms with Gasteiger partial charge in [0.1, 0.15) is 4.90 Å². The molecule has 0 aromatic carbocycles. The van der Waals surface area contributed by atoms with Crippen molar-refractivity contribution in [3.8, 4) is 0 Å². The first-order valence-electron chi connectivity index (χ1n) is 5.96. The SMILES string of the molecule is CC(C)C(C)N(C)S(=O)(=O)c1cc(CO)n(C)c1. The maximum Gasteiger partial charge on any atom is 0.244 e. The van der Waals surface area contributed by atoms with E-state index in [-0.39, 0.29) is 23.5 Å². The molecule has 0 radical (unpaired) electrons. The minimum Gasteiger partial charge on any atom is -0.390 e. The van der Waals surface area contributed by atoms with Gasteiger partial charge in [0.15, 0.2) is 0 Å². The van der Waals surface area contributed by atoms with Crippen LogP contribution in [0, 0.1) is 5.92 Å². The van der Waals surface area contributed by atoms with Gasteiger partial charge in [0.05, 0.1) is 6.61 Å². The van der Waals surface area contributed by atoms with Gasteiger partial charge >= 0.3 is 0 Å². The van der Waals surface area contributed by atoms with Crippen molar-refractivity contribution in [3.05, 3.63) is 18.0 Å². The molecular weight excluding hydrogens is 252 g/mol. The molecule has 104 valence electrons. The van der Waals surface area contributed by atoms with Crippen LogP contribution in [-0.2, 0) is 23.7 Å². The standard InChI is InChI=1S/C12H22N2O3S/c1-9(2)10(3)14(5)18(16,17)12-6-11(8-15)13(4)7-12/h6-7,9-10,15H,8H2,1-5H3. The van der Waals surface area contributed by atoms with Crippen molar-refractivity contribution in [2.75, 3.05) is 7.05 Å². The van der Waals surface area contributed by atoms with Crippen LogP contribution in [0.15, 0.2) is 17.2 Å². The van der Waals surface area contributed by atoms with E-state index in [4.69, 9.17) is 5.11 Å². The zero-order chi connectivity index (χ0) is 14.1. The van der Waals surface area contributed by atoms with Crippen molar-refractivity contribution in [1.29, 1.82) is 0 Å². The molecule has 0 bridgehead atoms. The van der Waals surface area contributed by atoms with E-state index in [1.54, 1.807) is 18.7 Å². The largest absolute Gasteiger partial charge is 0.390 e. The molecule has 1 N–H and O–H groups in total. The highest BCUT2D eigenvalue weighted by atomic mass is 32.2. The Hall–Kier alpha value is -0.850. The summed E-state index contributed by atoms with van der Waals surface area (Å²) in [5.41, 5.74) is 0.583. The van der Waals surface area contributed by atoms with Gasteiger partial charge in [-0.25, -0.2) is 8.42 Å². The molecule has 5 nitrogen and oxygen atoms in total. The number of hydrogen-bond acceptors (Lipinski definition) is 3. The van der Waals surface area contributed by atoms with Crippen molar-refractivity contribution in [3.63, 3.8) is 0 Å². The van der Waals surface area contributed by atoms with E-state index in [0.29, 0.717) is 5.69 Å². The Morgan fingerprint density at radius 3 is 2.33 bits per heavy atom. The summed E-state index contributed by atoms with van der Waals surface area (Å²) in [7, 11) is -0.186. The fraction of sp³-hybridized carbons (Fsp3) is 0.667. The van der Waals surface area contributed by atoms with Crippen LogP contribution in [0.3, 0.4) is 0 Å². The molecule has 0 aliphatic rings. The van der Waals surface area contributed by atoms with Crippen LogP contribution in [-0.4, -0.2) is 35.5 Å². The van der Waals surface area contributed by atoms with E-state index < -0.39 is 10.0 Å². The Morgan fingerprint density at radius 2 is 1.94 bits per heavy atom. The van der Waals surface area contributed by atoms with E-state index in [1.807, 2.05) is 20.8 Å². The molecule has 0 aliphatic heterocycles. The number of aryl methyl sites for hydroxylation is 1. The maximum atomic E-state index is 12.4. The summed E-state index contributed by atoms with van der Waals surface area (Å²) < 4.78 is 27.8. The van der Waals surface area contributed by atoms with Crippen LogP contribution in [0.2, 0.25) is 0 Å². The fourth-order valence-corrected chi connectivity index (χ4v) is 3.27. The Morgan fingerprint density at radius 1 is 1.39 bits per heavy atom. The molecule has 18 heavy (non-hydrogen) atoms. The lowest BCUT2D eigenvalue weighted by molar-refractivity contribution is 0.272. The molecule has 0 saturated heterocycles. The number of nitrogens with zero attached hydrogens (tertiary/aromatic N) is 2. The van der Waals surface area contributed by atoms with E-state index in [9.17, 15) is 8.42 Å². The first-order chi connectivity index (χ1) is 8.21. The number of sulfonamides is 1. The third-order valence-electron chi connectivity index (χ3n) is 3.46. The van der Waals surface area contributed by atoms with Gasteiger partial charge in [-0.05, 0) is 18.9 Å².